The summed E-state index contributed by atoms with van der Waals surface area (Å²) in [6.07, 6.45) is 0. The number of nitrogens with zero attached hydrogens (tertiary/aromatic N) is 2. The summed E-state index contributed by atoms with van der Waals surface area (Å²) in [5.74, 6) is 2.34. The third-order valence-electron chi connectivity index (χ3n) is 4.20. The van der Waals surface area contributed by atoms with Gasteiger partial charge in [-0.25, -0.2) is 0 Å². The van der Waals surface area contributed by atoms with Gasteiger partial charge in [-0.2, -0.15) is 0 Å². The molecule has 1 unspecified atom stereocenters. The fourth-order valence-electron chi connectivity index (χ4n) is 2.83. The molecule has 0 saturated carbocycles. The molecule has 23 heavy (non-hydrogen) atoms. The molecule has 0 spiro atoms. The van der Waals surface area contributed by atoms with Crippen molar-refractivity contribution in [3.05, 3.63) is 23.8 Å². The molecule has 1 aromatic carbocycles. The average molecular weight is 359 g/mol. The van der Waals surface area contributed by atoms with Crippen LogP contribution in [0, 0.1) is 0 Å². The van der Waals surface area contributed by atoms with Crippen molar-refractivity contribution in [2.45, 2.75) is 19.2 Å². The van der Waals surface area contributed by atoms with E-state index < -0.39 is 0 Å². The molecule has 0 N–H and O–H groups in total. The molecule has 0 bridgehead atoms. The smallest absolute Gasteiger partial charge is 0.233 e. The number of benzene rings is 1. The van der Waals surface area contributed by atoms with Gasteiger partial charge < -0.3 is 19.3 Å². The molecule has 1 aromatic rings. The molecule has 1 amide bonds. The number of amides is 1. The summed E-state index contributed by atoms with van der Waals surface area (Å²) in [7, 11) is 0. The lowest BCUT2D eigenvalue weighted by molar-refractivity contribution is -0.128. The summed E-state index contributed by atoms with van der Waals surface area (Å²) in [6, 6.07) is 5.97. The zero-order valence-corrected chi connectivity index (χ0v) is 15.1. The van der Waals surface area contributed by atoms with Crippen LogP contribution in [0.4, 0.5) is 0 Å². The van der Waals surface area contributed by atoms with Gasteiger partial charge in [0, 0.05) is 13.1 Å². The summed E-state index contributed by atoms with van der Waals surface area (Å²) < 4.78 is 10.8. The second kappa shape index (κ2) is 8.13. The van der Waals surface area contributed by atoms with Crippen molar-refractivity contribution in [3.63, 3.8) is 0 Å². The van der Waals surface area contributed by atoms with Crippen LogP contribution in [0.15, 0.2) is 18.2 Å². The topological polar surface area (TPSA) is 42.0 Å². The summed E-state index contributed by atoms with van der Waals surface area (Å²) in [5.41, 5.74) is 1.11. The van der Waals surface area contributed by atoms with Crippen LogP contribution in [0.25, 0.3) is 0 Å². The van der Waals surface area contributed by atoms with Gasteiger partial charge in [-0.1, -0.05) is 19.9 Å². The van der Waals surface area contributed by atoms with Gasteiger partial charge in [0.15, 0.2) is 11.5 Å². The molecule has 0 aliphatic carbocycles. The lowest BCUT2D eigenvalue weighted by atomic mass is 10.2. The third-order valence-corrected chi connectivity index (χ3v) is 5.46. The highest BCUT2D eigenvalue weighted by molar-refractivity contribution is 8.00. The van der Waals surface area contributed by atoms with E-state index in [1.165, 1.54) is 0 Å². The van der Waals surface area contributed by atoms with Crippen molar-refractivity contribution in [2.75, 3.05) is 38.7 Å². The van der Waals surface area contributed by atoms with E-state index >= 15 is 0 Å². The number of hydrogen-bond donors (Lipinski definition) is 0. The summed E-state index contributed by atoms with van der Waals surface area (Å²) in [6.45, 7) is 8.30. The number of halogens is 1. The number of hydrogen-bond acceptors (Lipinski definition) is 5. The van der Waals surface area contributed by atoms with Crippen LogP contribution in [0.5, 0.6) is 11.5 Å². The van der Waals surface area contributed by atoms with Crippen LogP contribution in [-0.2, 0) is 4.79 Å². The monoisotopic (exact) mass is 358 g/mol. The average Bonchev–Trinajstić information content (AvgIpc) is 3.14. The predicted octanol–water partition coefficient (Wildman–Crippen LogP) is 2.75. The van der Waals surface area contributed by atoms with E-state index in [0.717, 1.165) is 43.2 Å². The third kappa shape index (κ3) is 3.87. The number of carbonyl (C=O) groups excluding carboxylic acids is 1. The van der Waals surface area contributed by atoms with E-state index in [-0.39, 0.29) is 30.5 Å². The fourth-order valence-corrected chi connectivity index (χ4v) is 4.04. The van der Waals surface area contributed by atoms with Crippen molar-refractivity contribution in [1.29, 1.82) is 0 Å². The molecular weight excluding hydrogens is 336 g/mol. The Hall–Kier alpha value is -1.11. The molecule has 1 fully saturated rings. The first-order chi connectivity index (χ1) is 10.7. The van der Waals surface area contributed by atoms with Gasteiger partial charge >= 0.3 is 0 Å². The van der Waals surface area contributed by atoms with Crippen molar-refractivity contribution in [3.8, 4) is 11.5 Å². The highest BCUT2D eigenvalue weighted by Crippen LogP contribution is 2.42. The Balaban J connectivity index is 0.00000192. The first kappa shape index (κ1) is 18.2. The SMILES string of the molecule is CCN(CC)CCN1C(=O)CSC1c1ccc2c(c1)OCO2.Cl. The number of carbonyl (C=O) groups is 1. The molecule has 1 saturated heterocycles. The van der Waals surface area contributed by atoms with Crippen LogP contribution in [0.1, 0.15) is 24.8 Å². The molecule has 2 heterocycles. The summed E-state index contributed by atoms with van der Waals surface area (Å²) in [5, 5.41) is 0.0811. The van der Waals surface area contributed by atoms with Gasteiger partial charge in [0.25, 0.3) is 0 Å². The molecule has 0 aromatic heterocycles. The van der Waals surface area contributed by atoms with E-state index in [1.807, 2.05) is 23.1 Å². The normalized spacial score (nSPS) is 19.3. The van der Waals surface area contributed by atoms with Gasteiger partial charge in [0.2, 0.25) is 12.7 Å². The predicted molar refractivity (Wildman–Crippen MR) is 94.5 cm³/mol. The standard InChI is InChI=1S/C16H22N2O3S.ClH/c1-3-17(4-2)7-8-18-15(19)10-22-16(18)12-5-6-13-14(9-12)21-11-20-13;/h5-6,9,16H,3-4,7-8,10-11H2,1-2H3;1H. The number of likely N-dealkylation sites (N-methyl/N-ethyl adjacent to an activating group) is 1. The second-order valence-corrected chi connectivity index (χ2v) is 6.46. The molecule has 0 radical (unpaired) electrons. The minimum atomic E-state index is 0. The Morgan fingerprint density at radius 2 is 2.00 bits per heavy atom. The van der Waals surface area contributed by atoms with Gasteiger partial charge in [0.05, 0.1) is 5.75 Å². The summed E-state index contributed by atoms with van der Waals surface area (Å²) in [4.78, 5) is 16.5. The van der Waals surface area contributed by atoms with Crippen molar-refractivity contribution in [1.82, 2.24) is 9.80 Å². The molecular formula is C16H23ClN2O3S. The van der Waals surface area contributed by atoms with E-state index in [0.29, 0.717) is 5.75 Å². The molecule has 1 atom stereocenters. The molecule has 7 heteroatoms. The molecule has 5 nitrogen and oxygen atoms in total. The minimum absolute atomic E-state index is 0. The second-order valence-electron chi connectivity index (χ2n) is 5.39. The molecule has 128 valence electrons. The van der Waals surface area contributed by atoms with Gasteiger partial charge in [0.1, 0.15) is 5.37 Å². The highest BCUT2D eigenvalue weighted by Gasteiger charge is 2.33. The van der Waals surface area contributed by atoms with Crippen molar-refractivity contribution >= 4 is 30.1 Å². The van der Waals surface area contributed by atoms with Crippen LogP contribution < -0.4 is 9.47 Å². The Labute approximate surface area is 147 Å². The van der Waals surface area contributed by atoms with Gasteiger partial charge in [-0.15, -0.1) is 24.2 Å². The number of fused-ring (bicyclic) bond motifs is 1. The van der Waals surface area contributed by atoms with E-state index in [9.17, 15) is 4.79 Å². The first-order valence-electron chi connectivity index (χ1n) is 7.76. The van der Waals surface area contributed by atoms with Gasteiger partial charge in [-0.05, 0) is 30.8 Å². The molecule has 2 aliphatic rings. The quantitative estimate of drug-likeness (QED) is 0.782. The fraction of sp³-hybridized carbons (Fsp3) is 0.562. The number of ether oxygens (including phenoxy) is 2. The van der Waals surface area contributed by atoms with Crippen molar-refractivity contribution in [2.24, 2.45) is 0 Å². The Morgan fingerprint density at radius 1 is 1.26 bits per heavy atom. The maximum atomic E-state index is 12.2. The zero-order valence-electron chi connectivity index (χ0n) is 13.5. The Kier molecular flexibility index (Phi) is 6.44. The van der Waals surface area contributed by atoms with E-state index in [4.69, 9.17) is 9.47 Å². The zero-order chi connectivity index (χ0) is 15.5. The Morgan fingerprint density at radius 3 is 2.74 bits per heavy atom. The number of thioether (sulfide) groups is 1. The number of rotatable bonds is 6. The van der Waals surface area contributed by atoms with E-state index in [1.54, 1.807) is 11.8 Å². The summed E-state index contributed by atoms with van der Waals surface area (Å²) >= 11 is 1.69. The lowest BCUT2D eigenvalue weighted by Gasteiger charge is -2.27. The first-order valence-corrected chi connectivity index (χ1v) is 8.80. The van der Waals surface area contributed by atoms with Gasteiger partial charge in [-0.3, -0.25) is 4.79 Å². The minimum Gasteiger partial charge on any atom is -0.454 e. The van der Waals surface area contributed by atoms with Crippen LogP contribution >= 0.6 is 24.2 Å². The molecule has 2 aliphatic heterocycles. The van der Waals surface area contributed by atoms with Crippen LogP contribution in [0.3, 0.4) is 0 Å². The maximum absolute atomic E-state index is 12.2. The lowest BCUT2D eigenvalue weighted by Crippen LogP contribution is -2.37. The largest absolute Gasteiger partial charge is 0.454 e. The highest BCUT2D eigenvalue weighted by atomic mass is 35.5. The maximum Gasteiger partial charge on any atom is 0.233 e. The van der Waals surface area contributed by atoms with Crippen LogP contribution in [0.2, 0.25) is 0 Å². The van der Waals surface area contributed by atoms with Crippen LogP contribution in [-0.4, -0.2) is 54.4 Å². The molecule has 3 rings (SSSR count). The Bertz CT molecular complexity index is 554. The van der Waals surface area contributed by atoms with Crippen molar-refractivity contribution < 1.29 is 14.3 Å². The van der Waals surface area contributed by atoms with E-state index in [2.05, 4.69) is 18.7 Å².